The molecule has 0 fully saturated rings. The number of aromatic amines is 1. The van der Waals surface area contributed by atoms with E-state index in [1.807, 2.05) is 27.0 Å². The van der Waals surface area contributed by atoms with E-state index in [0.717, 1.165) is 13.0 Å². The first-order chi connectivity index (χ1) is 8.46. The molecule has 1 aromatic heterocycles. The third-order valence-corrected chi connectivity index (χ3v) is 3.09. The number of aromatic nitrogens is 1. The molecule has 0 unspecified atom stereocenters. The first-order valence-corrected chi connectivity index (χ1v) is 6.42. The Morgan fingerprint density at radius 1 is 1.28 bits per heavy atom. The molecule has 18 heavy (non-hydrogen) atoms. The highest BCUT2D eigenvalue weighted by Gasteiger charge is 2.15. The summed E-state index contributed by atoms with van der Waals surface area (Å²) in [5.74, 6) is 0. The molecule has 0 amide bonds. The Balaban J connectivity index is 1.98. The smallest absolute Gasteiger partial charge is 0.0718 e. The second-order valence-electron chi connectivity index (χ2n) is 5.66. The van der Waals surface area contributed by atoms with Crippen LogP contribution in [0.3, 0.4) is 0 Å². The Hall–Kier alpha value is -1.32. The second-order valence-corrected chi connectivity index (χ2v) is 5.66. The number of hydrogen-bond acceptors (Lipinski definition) is 2. The zero-order valence-corrected chi connectivity index (χ0v) is 11.4. The Bertz CT molecular complexity index is 510. The third kappa shape index (κ3) is 3.34. The van der Waals surface area contributed by atoms with E-state index >= 15 is 0 Å². The minimum Gasteiger partial charge on any atom is -0.389 e. The van der Waals surface area contributed by atoms with Gasteiger partial charge in [-0.3, -0.25) is 0 Å². The number of benzene rings is 1. The molecule has 0 aliphatic heterocycles. The number of H-pyrrole nitrogens is 1. The minimum absolute atomic E-state index is 0.630. The molecule has 0 atom stereocenters. The maximum absolute atomic E-state index is 9.77. The van der Waals surface area contributed by atoms with Crippen LogP contribution in [0.25, 0.3) is 10.9 Å². The Kier molecular flexibility index (Phi) is 3.73. The van der Waals surface area contributed by atoms with Crippen LogP contribution in [0.2, 0.25) is 0 Å². The maximum atomic E-state index is 9.77. The normalized spacial score (nSPS) is 12.5. The molecule has 0 bridgehead atoms. The third-order valence-electron chi connectivity index (χ3n) is 3.09. The van der Waals surface area contributed by atoms with Crippen LogP contribution in [-0.4, -0.2) is 40.7 Å². The molecule has 1 aromatic carbocycles. The van der Waals surface area contributed by atoms with Gasteiger partial charge in [0.25, 0.3) is 0 Å². The summed E-state index contributed by atoms with van der Waals surface area (Å²) >= 11 is 0. The number of nitrogens with zero attached hydrogens (tertiary/aromatic N) is 1. The molecule has 3 nitrogen and oxygen atoms in total. The van der Waals surface area contributed by atoms with Crippen molar-refractivity contribution in [1.29, 1.82) is 0 Å². The summed E-state index contributed by atoms with van der Waals surface area (Å²) in [6.45, 7) is 5.32. The molecule has 98 valence electrons. The van der Waals surface area contributed by atoms with Gasteiger partial charge in [0.2, 0.25) is 0 Å². The van der Waals surface area contributed by atoms with Gasteiger partial charge in [0.1, 0.15) is 0 Å². The molecule has 1 heterocycles. The van der Waals surface area contributed by atoms with Gasteiger partial charge in [-0.2, -0.15) is 0 Å². The number of fused-ring (bicyclic) bond motifs is 1. The number of rotatable bonds is 5. The van der Waals surface area contributed by atoms with Crippen LogP contribution in [0.1, 0.15) is 19.4 Å². The summed E-state index contributed by atoms with van der Waals surface area (Å²) < 4.78 is 0. The minimum atomic E-state index is -0.630. The Morgan fingerprint density at radius 2 is 2.00 bits per heavy atom. The van der Waals surface area contributed by atoms with Crippen molar-refractivity contribution in [1.82, 2.24) is 9.88 Å². The fraction of sp³-hybridized carbons (Fsp3) is 0.467. The van der Waals surface area contributed by atoms with Crippen LogP contribution < -0.4 is 0 Å². The summed E-state index contributed by atoms with van der Waals surface area (Å²) in [4.78, 5) is 5.46. The highest BCUT2D eigenvalue weighted by Crippen LogP contribution is 2.18. The first kappa shape index (κ1) is 13.1. The average Bonchev–Trinajstić information content (AvgIpc) is 2.67. The Morgan fingerprint density at radius 3 is 2.72 bits per heavy atom. The van der Waals surface area contributed by atoms with Gasteiger partial charge in [-0.25, -0.2) is 0 Å². The molecule has 2 rings (SSSR count). The molecule has 0 spiro atoms. The highest BCUT2D eigenvalue weighted by atomic mass is 16.3. The molecular weight excluding hydrogens is 224 g/mol. The summed E-state index contributed by atoms with van der Waals surface area (Å²) in [5.41, 5.74) is 1.90. The van der Waals surface area contributed by atoms with Gasteiger partial charge in [0, 0.05) is 30.2 Å². The van der Waals surface area contributed by atoms with Crippen molar-refractivity contribution in [3.05, 3.63) is 36.0 Å². The summed E-state index contributed by atoms with van der Waals surface area (Å²) in [5, 5.41) is 11.1. The van der Waals surface area contributed by atoms with Gasteiger partial charge >= 0.3 is 0 Å². The summed E-state index contributed by atoms with van der Waals surface area (Å²) in [6.07, 6.45) is 3.08. The van der Waals surface area contributed by atoms with Crippen molar-refractivity contribution in [2.24, 2.45) is 0 Å². The number of hydrogen-bond donors (Lipinski definition) is 2. The van der Waals surface area contributed by atoms with Crippen molar-refractivity contribution in [3.63, 3.8) is 0 Å². The molecule has 2 aromatic rings. The van der Waals surface area contributed by atoms with Crippen molar-refractivity contribution in [2.45, 2.75) is 25.9 Å². The van der Waals surface area contributed by atoms with Crippen molar-refractivity contribution in [2.75, 3.05) is 20.1 Å². The highest BCUT2D eigenvalue weighted by molar-refractivity contribution is 5.83. The van der Waals surface area contributed by atoms with Gasteiger partial charge in [-0.05, 0) is 38.9 Å². The van der Waals surface area contributed by atoms with Crippen molar-refractivity contribution < 1.29 is 5.11 Å². The molecule has 0 saturated heterocycles. The van der Waals surface area contributed by atoms with Crippen LogP contribution in [0.15, 0.2) is 30.5 Å². The van der Waals surface area contributed by atoms with E-state index in [1.54, 1.807) is 0 Å². The largest absolute Gasteiger partial charge is 0.389 e. The lowest BCUT2D eigenvalue weighted by Gasteiger charge is -2.25. The SMILES string of the molecule is CN(CCc1c[nH]c2ccccc12)CC(C)(C)O. The van der Waals surface area contributed by atoms with E-state index in [9.17, 15) is 5.11 Å². The lowest BCUT2D eigenvalue weighted by Crippen LogP contribution is -2.37. The molecular formula is C15H22N2O. The number of aliphatic hydroxyl groups is 1. The fourth-order valence-electron chi connectivity index (χ4n) is 2.39. The zero-order chi connectivity index (χ0) is 13.2. The van der Waals surface area contributed by atoms with Gasteiger partial charge in [0.05, 0.1) is 5.60 Å². The maximum Gasteiger partial charge on any atom is 0.0718 e. The van der Waals surface area contributed by atoms with Crippen molar-refractivity contribution >= 4 is 10.9 Å². The van der Waals surface area contributed by atoms with Crippen LogP contribution >= 0.6 is 0 Å². The summed E-state index contributed by atoms with van der Waals surface area (Å²) in [6, 6.07) is 8.36. The molecule has 0 radical (unpaired) electrons. The topological polar surface area (TPSA) is 39.3 Å². The quantitative estimate of drug-likeness (QED) is 0.850. The van der Waals surface area contributed by atoms with E-state index in [4.69, 9.17) is 0 Å². The van der Waals surface area contributed by atoms with Crippen LogP contribution in [0.4, 0.5) is 0 Å². The van der Waals surface area contributed by atoms with Crippen LogP contribution in [0.5, 0.6) is 0 Å². The molecule has 3 heteroatoms. The van der Waals surface area contributed by atoms with E-state index in [-0.39, 0.29) is 0 Å². The molecule has 0 aliphatic rings. The number of likely N-dealkylation sites (N-methyl/N-ethyl adjacent to an activating group) is 1. The number of para-hydroxylation sites is 1. The molecule has 0 saturated carbocycles. The first-order valence-electron chi connectivity index (χ1n) is 6.42. The average molecular weight is 246 g/mol. The second kappa shape index (κ2) is 5.12. The standard InChI is InChI=1S/C15H22N2O/c1-15(2,18)11-17(3)9-8-12-10-16-14-7-5-4-6-13(12)14/h4-7,10,16,18H,8-9,11H2,1-3H3. The predicted octanol–water partition coefficient (Wildman–Crippen LogP) is 2.41. The Labute approximate surface area is 108 Å². The van der Waals surface area contributed by atoms with E-state index < -0.39 is 5.60 Å². The van der Waals surface area contributed by atoms with E-state index in [2.05, 4.69) is 34.3 Å². The predicted molar refractivity (Wildman–Crippen MR) is 75.8 cm³/mol. The van der Waals surface area contributed by atoms with Gasteiger partial charge in [-0.15, -0.1) is 0 Å². The van der Waals surface area contributed by atoms with Gasteiger partial charge < -0.3 is 15.0 Å². The van der Waals surface area contributed by atoms with E-state index in [1.165, 1.54) is 16.5 Å². The zero-order valence-electron chi connectivity index (χ0n) is 11.4. The molecule has 2 N–H and O–H groups in total. The fourth-order valence-corrected chi connectivity index (χ4v) is 2.39. The number of nitrogens with one attached hydrogen (secondary N) is 1. The van der Waals surface area contributed by atoms with Gasteiger partial charge in [-0.1, -0.05) is 18.2 Å². The lowest BCUT2D eigenvalue weighted by atomic mass is 10.1. The van der Waals surface area contributed by atoms with E-state index in [0.29, 0.717) is 6.54 Å². The monoisotopic (exact) mass is 246 g/mol. The lowest BCUT2D eigenvalue weighted by molar-refractivity contribution is 0.0450. The van der Waals surface area contributed by atoms with Crippen molar-refractivity contribution in [3.8, 4) is 0 Å². The van der Waals surface area contributed by atoms with Crippen LogP contribution in [0, 0.1) is 0 Å². The van der Waals surface area contributed by atoms with Gasteiger partial charge in [0.15, 0.2) is 0 Å². The van der Waals surface area contributed by atoms with Crippen LogP contribution in [-0.2, 0) is 6.42 Å². The molecule has 0 aliphatic carbocycles. The summed E-state index contributed by atoms with van der Waals surface area (Å²) in [7, 11) is 2.05.